The Morgan fingerprint density at radius 2 is 2.15 bits per heavy atom. The topological polar surface area (TPSA) is 105 Å². The highest BCUT2D eigenvalue weighted by molar-refractivity contribution is 7.91. The molecule has 140 valence electrons. The van der Waals surface area contributed by atoms with Gasteiger partial charge in [0, 0.05) is 24.6 Å². The Bertz CT molecular complexity index is 884. The van der Waals surface area contributed by atoms with Crippen molar-refractivity contribution in [1.82, 2.24) is 5.01 Å². The van der Waals surface area contributed by atoms with Gasteiger partial charge >= 0.3 is 0 Å². The van der Waals surface area contributed by atoms with E-state index in [2.05, 4.69) is 10.4 Å². The van der Waals surface area contributed by atoms with Gasteiger partial charge in [0.25, 0.3) is 5.91 Å². The summed E-state index contributed by atoms with van der Waals surface area (Å²) in [7, 11) is -1.85. The number of hydrogen-bond acceptors (Lipinski definition) is 6. The van der Waals surface area contributed by atoms with Crippen LogP contribution >= 0.6 is 0 Å². The number of amides is 2. The van der Waals surface area contributed by atoms with Crippen LogP contribution in [-0.4, -0.2) is 55.6 Å². The minimum Gasteiger partial charge on any atom is -0.494 e. The maximum Gasteiger partial charge on any atom is 0.271 e. The molecule has 0 saturated carbocycles. The van der Waals surface area contributed by atoms with Crippen molar-refractivity contribution in [2.75, 3.05) is 23.9 Å². The van der Waals surface area contributed by atoms with Gasteiger partial charge in [-0.05, 0) is 18.6 Å². The van der Waals surface area contributed by atoms with Crippen molar-refractivity contribution < 1.29 is 27.1 Å². The molecule has 0 aliphatic carbocycles. The van der Waals surface area contributed by atoms with E-state index in [0.29, 0.717) is 6.42 Å². The minimum absolute atomic E-state index is 0.00359. The first-order valence-electron chi connectivity index (χ1n) is 8.04. The maximum absolute atomic E-state index is 13.7. The highest BCUT2D eigenvalue weighted by atomic mass is 32.2. The van der Waals surface area contributed by atoms with Crippen molar-refractivity contribution in [3.63, 3.8) is 0 Å². The van der Waals surface area contributed by atoms with Crippen LogP contribution < -0.4 is 10.1 Å². The molecule has 2 amide bonds. The van der Waals surface area contributed by atoms with Crippen LogP contribution in [0.4, 0.5) is 10.1 Å². The van der Waals surface area contributed by atoms with Gasteiger partial charge in [-0.25, -0.2) is 17.8 Å². The number of hydrazone groups is 1. The summed E-state index contributed by atoms with van der Waals surface area (Å²) in [5.74, 6) is -1.59. The molecule has 1 saturated heterocycles. The number of halogens is 1. The van der Waals surface area contributed by atoms with Gasteiger partial charge in [0.2, 0.25) is 5.91 Å². The number of benzene rings is 1. The molecule has 2 aliphatic heterocycles. The van der Waals surface area contributed by atoms with Gasteiger partial charge in [-0.2, -0.15) is 5.10 Å². The van der Waals surface area contributed by atoms with Gasteiger partial charge in [0.05, 0.1) is 24.7 Å². The highest BCUT2D eigenvalue weighted by Gasteiger charge is 2.37. The van der Waals surface area contributed by atoms with Gasteiger partial charge in [-0.3, -0.25) is 9.59 Å². The molecule has 1 atom stereocenters. The number of rotatable bonds is 4. The number of anilines is 1. The lowest BCUT2D eigenvalue weighted by molar-refractivity contribution is -0.133. The van der Waals surface area contributed by atoms with E-state index in [-0.39, 0.29) is 47.4 Å². The second kappa shape index (κ2) is 7.02. The van der Waals surface area contributed by atoms with E-state index in [1.54, 1.807) is 0 Å². The van der Waals surface area contributed by atoms with E-state index in [9.17, 15) is 22.4 Å². The number of carbonyl (C=O) groups excluding carboxylic acids is 2. The molecule has 2 heterocycles. The van der Waals surface area contributed by atoms with Gasteiger partial charge < -0.3 is 10.1 Å². The fraction of sp³-hybridized carbons (Fsp3) is 0.438. The molecule has 1 N–H and O–H groups in total. The van der Waals surface area contributed by atoms with Crippen LogP contribution in [-0.2, 0) is 19.4 Å². The molecule has 1 fully saturated rings. The summed E-state index contributed by atoms with van der Waals surface area (Å²) >= 11 is 0. The fourth-order valence-electron chi connectivity index (χ4n) is 2.94. The van der Waals surface area contributed by atoms with Crippen molar-refractivity contribution in [2.45, 2.75) is 25.3 Å². The third-order valence-corrected chi connectivity index (χ3v) is 6.04. The molecule has 2 aliphatic rings. The Kier molecular flexibility index (Phi) is 4.94. The average molecular weight is 383 g/mol. The molecule has 26 heavy (non-hydrogen) atoms. The number of nitrogens with zero attached hydrogens (tertiary/aromatic N) is 2. The molecule has 8 nitrogen and oxygen atoms in total. The predicted octanol–water partition coefficient (Wildman–Crippen LogP) is 0.938. The molecule has 0 bridgehead atoms. The SMILES string of the molecule is COc1ccc(NC(=O)C2=NN(C3CCS(=O)(=O)C3)C(=O)CC2)cc1F. The van der Waals surface area contributed by atoms with Crippen LogP contribution in [0.1, 0.15) is 19.3 Å². The molecule has 10 heteroatoms. The molecule has 1 aromatic carbocycles. The molecule has 1 aromatic rings. The monoisotopic (exact) mass is 383 g/mol. The van der Waals surface area contributed by atoms with Crippen LogP contribution in [0, 0.1) is 5.82 Å². The summed E-state index contributed by atoms with van der Waals surface area (Å²) in [5, 5.41) is 7.70. The molecule has 0 aromatic heterocycles. The zero-order valence-electron chi connectivity index (χ0n) is 14.1. The number of hydrogen-bond donors (Lipinski definition) is 1. The summed E-state index contributed by atoms with van der Waals surface area (Å²) in [4.78, 5) is 24.4. The van der Waals surface area contributed by atoms with E-state index in [4.69, 9.17) is 4.74 Å². The molecular formula is C16H18FN3O5S. The summed E-state index contributed by atoms with van der Waals surface area (Å²) in [5.41, 5.74) is 0.327. The van der Waals surface area contributed by atoms with Crippen molar-refractivity contribution in [3.05, 3.63) is 24.0 Å². The first-order valence-corrected chi connectivity index (χ1v) is 9.86. The smallest absolute Gasteiger partial charge is 0.271 e. The Labute approximate surface area is 149 Å². The van der Waals surface area contributed by atoms with E-state index < -0.39 is 27.6 Å². The number of ether oxygens (including phenoxy) is 1. The minimum atomic E-state index is -3.18. The lowest BCUT2D eigenvalue weighted by atomic mass is 10.1. The second-order valence-corrected chi connectivity index (χ2v) is 8.37. The first kappa shape index (κ1) is 18.3. The van der Waals surface area contributed by atoms with Crippen LogP contribution in [0.15, 0.2) is 23.3 Å². The molecule has 0 spiro atoms. The number of sulfone groups is 1. The number of methoxy groups -OCH3 is 1. The van der Waals surface area contributed by atoms with Gasteiger partial charge in [0.15, 0.2) is 21.4 Å². The molecular weight excluding hydrogens is 365 g/mol. The van der Waals surface area contributed by atoms with Gasteiger partial charge in [0.1, 0.15) is 5.71 Å². The van der Waals surface area contributed by atoms with Crippen molar-refractivity contribution >= 4 is 33.1 Å². The second-order valence-electron chi connectivity index (χ2n) is 6.15. The van der Waals surface area contributed by atoms with E-state index in [0.717, 1.165) is 11.1 Å². The first-order chi connectivity index (χ1) is 12.3. The van der Waals surface area contributed by atoms with Crippen molar-refractivity contribution in [3.8, 4) is 5.75 Å². The van der Waals surface area contributed by atoms with Crippen LogP contribution in [0.25, 0.3) is 0 Å². The van der Waals surface area contributed by atoms with Crippen molar-refractivity contribution in [2.24, 2.45) is 5.10 Å². The molecule has 3 rings (SSSR count). The van der Waals surface area contributed by atoms with E-state index >= 15 is 0 Å². The summed E-state index contributed by atoms with van der Waals surface area (Å²) < 4.78 is 41.8. The largest absolute Gasteiger partial charge is 0.494 e. The number of carbonyl (C=O) groups is 2. The van der Waals surface area contributed by atoms with Gasteiger partial charge in [-0.1, -0.05) is 0 Å². The zero-order valence-corrected chi connectivity index (χ0v) is 14.9. The predicted molar refractivity (Wildman–Crippen MR) is 92.2 cm³/mol. The quantitative estimate of drug-likeness (QED) is 0.833. The Morgan fingerprint density at radius 1 is 1.38 bits per heavy atom. The summed E-state index contributed by atoms with van der Waals surface area (Å²) in [6, 6.07) is 3.43. The zero-order chi connectivity index (χ0) is 18.9. The van der Waals surface area contributed by atoms with E-state index in [1.165, 1.54) is 19.2 Å². The summed E-state index contributed by atoms with van der Waals surface area (Å²) in [6.07, 6.45) is 0.509. The average Bonchev–Trinajstić information content (AvgIpc) is 2.95. The summed E-state index contributed by atoms with van der Waals surface area (Å²) in [6.45, 7) is 0. The number of nitrogens with one attached hydrogen (secondary N) is 1. The third kappa shape index (κ3) is 3.85. The van der Waals surface area contributed by atoms with Crippen LogP contribution in [0.3, 0.4) is 0 Å². The lowest BCUT2D eigenvalue weighted by Gasteiger charge is -2.27. The maximum atomic E-state index is 13.7. The standard InChI is InChI=1S/C16H18FN3O5S/c1-25-14-4-2-10(8-12(14)17)18-16(22)13-3-5-15(21)20(19-13)11-6-7-26(23,24)9-11/h2,4,8,11H,3,5-7,9H2,1H3,(H,18,22). The fourth-order valence-corrected chi connectivity index (χ4v) is 4.63. The third-order valence-electron chi connectivity index (χ3n) is 4.29. The molecule has 0 radical (unpaired) electrons. The van der Waals surface area contributed by atoms with Crippen LogP contribution in [0.2, 0.25) is 0 Å². The normalized spacial score (nSPS) is 22.1. The van der Waals surface area contributed by atoms with Gasteiger partial charge in [-0.15, -0.1) is 0 Å². The Balaban J connectivity index is 1.75. The Morgan fingerprint density at radius 3 is 2.77 bits per heavy atom. The molecule has 1 unspecified atom stereocenters. The van der Waals surface area contributed by atoms with E-state index in [1.807, 2.05) is 0 Å². The van der Waals surface area contributed by atoms with Crippen molar-refractivity contribution in [1.29, 1.82) is 0 Å². The highest BCUT2D eigenvalue weighted by Crippen LogP contribution is 2.23. The Hall–Kier alpha value is -2.49. The lowest BCUT2D eigenvalue weighted by Crippen LogP contribution is -2.42. The van der Waals surface area contributed by atoms with Crippen LogP contribution in [0.5, 0.6) is 5.75 Å².